The standard InChI is InChI=1S/C7H17N3/c1-6(8)10-7-4-2-3-5-9-7/h6-7,9-10H,2-5,8H2,1H3. The molecule has 4 N–H and O–H groups in total. The smallest absolute Gasteiger partial charge is 0.0583 e. The average Bonchev–Trinajstić information content (AvgIpc) is 1.88. The Morgan fingerprint density at radius 3 is 2.90 bits per heavy atom. The first-order chi connectivity index (χ1) is 4.79. The summed E-state index contributed by atoms with van der Waals surface area (Å²) in [5.74, 6) is 0. The minimum Gasteiger partial charge on any atom is -0.316 e. The molecule has 0 aromatic carbocycles. The van der Waals surface area contributed by atoms with E-state index in [1.54, 1.807) is 0 Å². The third kappa shape index (κ3) is 2.64. The van der Waals surface area contributed by atoms with Crippen LogP contribution in [-0.4, -0.2) is 18.9 Å². The maximum absolute atomic E-state index is 5.57. The zero-order valence-corrected chi connectivity index (χ0v) is 6.56. The summed E-state index contributed by atoms with van der Waals surface area (Å²) >= 11 is 0. The van der Waals surface area contributed by atoms with Gasteiger partial charge in [0.15, 0.2) is 0 Å². The van der Waals surface area contributed by atoms with E-state index in [-0.39, 0.29) is 6.17 Å². The first kappa shape index (κ1) is 7.98. The van der Waals surface area contributed by atoms with Gasteiger partial charge in [-0.3, -0.25) is 5.32 Å². The van der Waals surface area contributed by atoms with Gasteiger partial charge in [0.1, 0.15) is 0 Å². The van der Waals surface area contributed by atoms with Crippen molar-refractivity contribution in [2.24, 2.45) is 5.73 Å². The lowest BCUT2D eigenvalue weighted by Crippen LogP contribution is -2.51. The molecule has 3 heteroatoms. The van der Waals surface area contributed by atoms with Crippen LogP contribution in [0.3, 0.4) is 0 Å². The largest absolute Gasteiger partial charge is 0.316 e. The lowest BCUT2D eigenvalue weighted by Gasteiger charge is -2.26. The summed E-state index contributed by atoms with van der Waals surface area (Å²) in [4.78, 5) is 0. The molecule has 0 spiro atoms. The van der Waals surface area contributed by atoms with Gasteiger partial charge in [0.05, 0.1) is 12.3 Å². The van der Waals surface area contributed by atoms with E-state index < -0.39 is 0 Å². The summed E-state index contributed by atoms with van der Waals surface area (Å²) in [5.41, 5.74) is 5.57. The van der Waals surface area contributed by atoms with Gasteiger partial charge < -0.3 is 11.1 Å². The van der Waals surface area contributed by atoms with Crippen molar-refractivity contribution in [1.29, 1.82) is 0 Å². The minimum atomic E-state index is 0.107. The Hall–Kier alpha value is -0.120. The number of nitrogens with one attached hydrogen (secondary N) is 2. The molecule has 0 aromatic rings. The van der Waals surface area contributed by atoms with Gasteiger partial charge in [-0.25, -0.2) is 0 Å². The minimum absolute atomic E-state index is 0.107. The average molecular weight is 143 g/mol. The molecule has 60 valence electrons. The van der Waals surface area contributed by atoms with Crippen LogP contribution in [0.5, 0.6) is 0 Å². The van der Waals surface area contributed by atoms with Gasteiger partial charge in [-0.05, 0) is 32.7 Å². The Bertz CT molecular complexity index is 86.9. The van der Waals surface area contributed by atoms with E-state index in [0.717, 1.165) is 6.54 Å². The van der Waals surface area contributed by atoms with E-state index in [1.807, 2.05) is 6.92 Å². The predicted octanol–water partition coefficient (Wildman–Crippen LogP) is -0.0197. The summed E-state index contributed by atoms with van der Waals surface area (Å²) in [6, 6.07) is 0. The third-order valence-electron chi connectivity index (χ3n) is 1.77. The highest BCUT2D eigenvalue weighted by atomic mass is 15.2. The molecule has 0 radical (unpaired) electrons. The Balaban J connectivity index is 2.13. The maximum atomic E-state index is 5.57. The quantitative estimate of drug-likeness (QED) is 0.476. The van der Waals surface area contributed by atoms with Crippen molar-refractivity contribution in [3.05, 3.63) is 0 Å². The normalized spacial score (nSPS) is 30.0. The fourth-order valence-corrected chi connectivity index (χ4v) is 1.31. The molecule has 3 nitrogen and oxygen atoms in total. The van der Waals surface area contributed by atoms with Crippen molar-refractivity contribution >= 4 is 0 Å². The third-order valence-corrected chi connectivity index (χ3v) is 1.77. The van der Waals surface area contributed by atoms with E-state index in [4.69, 9.17) is 5.73 Å². The highest BCUT2D eigenvalue weighted by Crippen LogP contribution is 2.03. The number of hydrogen-bond donors (Lipinski definition) is 3. The molecule has 1 heterocycles. The molecule has 0 bridgehead atoms. The molecule has 0 saturated carbocycles. The van der Waals surface area contributed by atoms with Crippen LogP contribution in [-0.2, 0) is 0 Å². The fraction of sp³-hybridized carbons (Fsp3) is 1.00. The van der Waals surface area contributed by atoms with Gasteiger partial charge in [-0.1, -0.05) is 0 Å². The van der Waals surface area contributed by atoms with E-state index in [2.05, 4.69) is 10.6 Å². The lowest BCUT2D eigenvalue weighted by molar-refractivity contribution is 0.319. The van der Waals surface area contributed by atoms with E-state index in [9.17, 15) is 0 Å². The Labute approximate surface area is 62.4 Å². The molecular weight excluding hydrogens is 126 g/mol. The molecule has 1 aliphatic rings. The first-order valence-corrected chi connectivity index (χ1v) is 4.04. The van der Waals surface area contributed by atoms with Crippen molar-refractivity contribution < 1.29 is 0 Å². The predicted molar refractivity (Wildman–Crippen MR) is 42.4 cm³/mol. The van der Waals surface area contributed by atoms with Crippen LogP contribution < -0.4 is 16.4 Å². The highest BCUT2D eigenvalue weighted by Gasteiger charge is 2.11. The van der Waals surface area contributed by atoms with Crippen LogP contribution >= 0.6 is 0 Å². The highest BCUT2D eigenvalue weighted by molar-refractivity contribution is 4.70. The maximum Gasteiger partial charge on any atom is 0.0583 e. The van der Waals surface area contributed by atoms with Crippen molar-refractivity contribution in [2.75, 3.05) is 6.54 Å². The monoisotopic (exact) mass is 143 g/mol. The van der Waals surface area contributed by atoms with Crippen molar-refractivity contribution in [3.8, 4) is 0 Å². The van der Waals surface area contributed by atoms with E-state index in [1.165, 1.54) is 19.3 Å². The van der Waals surface area contributed by atoms with Gasteiger partial charge in [0.25, 0.3) is 0 Å². The van der Waals surface area contributed by atoms with Gasteiger partial charge in [-0.2, -0.15) is 0 Å². The molecule has 1 aliphatic heterocycles. The Morgan fingerprint density at radius 1 is 1.60 bits per heavy atom. The molecule has 0 amide bonds. The molecule has 1 saturated heterocycles. The summed E-state index contributed by atoms with van der Waals surface area (Å²) in [7, 11) is 0. The molecule has 1 rings (SSSR count). The zero-order chi connectivity index (χ0) is 7.40. The Kier molecular flexibility index (Phi) is 3.12. The second-order valence-corrected chi connectivity index (χ2v) is 2.96. The van der Waals surface area contributed by atoms with Crippen LogP contribution in [0.1, 0.15) is 26.2 Å². The van der Waals surface area contributed by atoms with Crippen LogP contribution in [0, 0.1) is 0 Å². The number of piperidine rings is 1. The molecule has 10 heavy (non-hydrogen) atoms. The molecule has 2 atom stereocenters. The first-order valence-electron chi connectivity index (χ1n) is 4.04. The summed E-state index contributed by atoms with van der Waals surface area (Å²) < 4.78 is 0. The molecular formula is C7H17N3. The lowest BCUT2D eigenvalue weighted by atomic mass is 10.1. The fourth-order valence-electron chi connectivity index (χ4n) is 1.31. The molecule has 0 aromatic heterocycles. The van der Waals surface area contributed by atoms with Crippen LogP contribution in [0.4, 0.5) is 0 Å². The molecule has 2 unspecified atom stereocenters. The SMILES string of the molecule is CC(N)NC1CCCCN1. The Morgan fingerprint density at radius 2 is 2.40 bits per heavy atom. The summed E-state index contributed by atoms with van der Waals surface area (Å²) in [5, 5.41) is 6.61. The zero-order valence-electron chi connectivity index (χ0n) is 6.56. The summed E-state index contributed by atoms with van der Waals surface area (Å²) in [6.45, 7) is 3.10. The van der Waals surface area contributed by atoms with Gasteiger partial charge in [0, 0.05) is 0 Å². The van der Waals surface area contributed by atoms with Crippen molar-refractivity contribution in [2.45, 2.75) is 38.5 Å². The van der Waals surface area contributed by atoms with Crippen LogP contribution in [0.15, 0.2) is 0 Å². The number of hydrogen-bond acceptors (Lipinski definition) is 3. The van der Waals surface area contributed by atoms with Gasteiger partial charge in [-0.15, -0.1) is 0 Å². The van der Waals surface area contributed by atoms with Gasteiger partial charge in [0.2, 0.25) is 0 Å². The second-order valence-electron chi connectivity index (χ2n) is 2.96. The number of rotatable bonds is 2. The van der Waals surface area contributed by atoms with Crippen molar-refractivity contribution in [1.82, 2.24) is 10.6 Å². The molecule has 0 aliphatic carbocycles. The van der Waals surface area contributed by atoms with Crippen LogP contribution in [0.2, 0.25) is 0 Å². The van der Waals surface area contributed by atoms with Crippen LogP contribution in [0.25, 0.3) is 0 Å². The topological polar surface area (TPSA) is 50.1 Å². The van der Waals surface area contributed by atoms with Crippen molar-refractivity contribution in [3.63, 3.8) is 0 Å². The molecule has 1 fully saturated rings. The second kappa shape index (κ2) is 3.91. The number of nitrogens with two attached hydrogens (primary N) is 1. The van der Waals surface area contributed by atoms with E-state index >= 15 is 0 Å². The summed E-state index contributed by atoms with van der Waals surface area (Å²) in [6.07, 6.45) is 4.39. The van der Waals surface area contributed by atoms with Gasteiger partial charge >= 0.3 is 0 Å². The van der Waals surface area contributed by atoms with E-state index in [0.29, 0.717) is 6.17 Å².